The third-order valence-corrected chi connectivity index (χ3v) is 3.83. The number of para-hydroxylation sites is 1. The van der Waals surface area contributed by atoms with E-state index in [-0.39, 0.29) is 5.78 Å². The minimum absolute atomic E-state index is 0.00849. The van der Waals surface area contributed by atoms with Crippen molar-refractivity contribution in [2.45, 2.75) is 6.92 Å². The minimum atomic E-state index is -0.00849. The number of carbonyl (C=O) groups is 1. The number of aromatic nitrogens is 4. The first-order chi connectivity index (χ1) is 11.3. The summed E-state index contributed by atoms with van der Waals surface area (Å²) >= 11 is 0. The Balaban J connectivity index is 2.03. The Kier molecular flexibility index (Phi) is 3.05. The molecule has 0 atom stereocenters. The molecule has 0 aliphatic carbocycles. The second kappa shape index (κ2) is 5.21. The lowest BCUT2D eigenvalue weighted by Crippen LogP contribution is -2.01. The molecule has 112 valence electrons. The topological polar surface area (TPSA) is 52.2 Å². The quantitative estimate of drug-likeness (QED) is 0.545. The number of hydrogen-bond donors (Lipinski definition) is 0. The highest BCUT2D eigenvalue weighted by Crippen LogP contribution is 2.29. The van der Waals surface area contributed by atoms with Crippen molar-refractivity contribution in [2.24, 2.45) is 0 Å². The maximum Gasteiger partial charge on any atom is 0.170 e. The van der Waals surface area contributed by atoms with Crippen LogP contribution in [0.3, 0.4) is 0 Å². The molecule has 4 aromatic rings. The number of rotatable bonds is 3. The molecule has 5 heteroatoms. The number of carbonyl (C=O) groups excluding carboxylic acids is 1. The molecule has 0 aliphatic rings. The molecule has 0 saturated heterocycles. The number of nitrogens with zero attached hydrogens (tertiary/aromatic N) is 4. The van der Waals surface area contributed by atoms with Crippen LogP contribution in [0.5, 0.6) is 0 Å². The third kappa shape index (κ3) is 2.14. The van der Waals surface area contributed by atoms with Crippen LogP contribution in [-0.4, -0.2) is 25.4 Å². The van der Waals surface area contributed by atoms with Gasteiger partial charge in [0.15, 0.2) is 11.4 Å². The molecule has 0 unspecified atom stereocenters. The van der Waals surface area contributed by atoms with Crippen LogP contribution in [0.25, 0.3) is 22.5 Å². The summed E-state index contributed by atoms with van der Waals surface area (Å²) in [6, 6.07) is 19.5. The third-order valence-electron chi connectivity index (χ3n) is 3.83. The predicted molar refractivity (Wildman–Crippen MR) is 87.8 cm³/mol. The fraction of sp³-hybridized carbons (Fsp3) is 0.0556. The van der Waals surface area contributed by atoms with Crippen molar-refractivity contribution in [1.29, 1.82) is 0 Å². The first-order valence-electron chi connectivity index (χ1n) is 7.34. The van der Waals surface area contributed by atoms with Gasteiger partial charge in [0.1, 0.15) is 0 Å². The maximum absolute atomic E-state index is 12.3. The molecule has 0 amide bonds. The van der Waals surface area contributed by atoms with E-state index in [1.54, 1.807) is 16.1 Å². The number of tetrazole rings is 1. The van der Waals surface area contributed by atoms with E-state index in [2.05, 4.69) is 10.4 Å². The Labute approximate surface area is 132 Å². The molecule has 0 spiro atoms. The SMILES string of the molecule is CC(=O)c1c(-c2ccccc2)cn2nnn(-c3ccccc3)c12. The predicted octanol–water partition coefficient (Wildman–Crippen LogP) is 3.39. The highest BCUT2D eigenvalue weighted by atomic mass is 16.1. The fourth-order valence-electron chi connectivity index (χ4n) is 2.81. The van der Waals surface area contributed by atoms with Crippen LogP contribution in [0.2, 0.25) is 0 Å². The molecule has 2 aromatic carbocycles. The molecule has 0 saturated carbocycles. The summed E-state index contributed by atoms with van der Waals surface area (Å²) in [5.41, 5.74) is 4.04. The van der Waals surface area contributed by atoms with Gasteiger partial charge in [-0.2, -0.15) is 4.68 Å². The summed E-state index contributed by atoms with van der Waals surface area (Å²) in [4.78, 5) is 12.3. The Morgan fingerprint density at radius 3 is 2.22 bits per heavy atom. The average molecular weight is 302 g/mol. The summed E-state index contributed by atoms with van der Waals surface area (Å²) in [7, 11) is 0. The lowest BCUT2D eigenvalue weighted by atomic mass is 10.0. The van der Waals surface area contributed by atoms with Crippen molar-refractivity contribution in [3.05, 3.63) is 72.4 Å². The van der Waals surface area contributed by atoms with Gasteiger partial charge in [0.2, 0.25) is 0 Å². The van der Waals surface area contributed by atoms with E-state index in [0.29, 0.717) is 11.2 Å². The van der Waals surface area contributed by atoms with Crippen LogP contribution in [0.1, 0.15) is 17.3 Å². The van der Waals surface area contributed by atoms with Gasteiger partial charge in [0.05, 0.1) is 11.3 Å². The van der Waals surface area contributed by atoms with Crippen LogP contribution < -0.4 is 0 Å². The molecular formula is C18H14N4O. The van der Waals surface area contributed by atoms with E-state index < -0.39 is 0 Å². The molecule has 0 radical (unpaired) electrons. The summed E-state index contributed by atoms with van der Waals surface area (Å²) in [6.45, 7) is 1.57. The lowest BCUT2D eigenvalue weighted by Gasteiger charge is -2.04. The van der Waals surface area contributed by atoms with Gasteiger partial charge in [0.25, 0.3) is 0 Å². The van der Waals surface area contributed by atoms with E-state index in [9.17, 15) is 4.79 Å². The van der Waals surface area contributed by atoms with Gasteiger partial charge in [-0.25, -0.2) is 4.52 Å². The van der Waals surface area contributed by atoms with Crippen molar-refractivity contribution < 1.29 is 4.79 Å². The van der Waals surface area contributed by atoms with E-state index in [1.807, 2.05) is 66.9 Å². The summed E-state index contributed by atoms with van der Waals surface area (Å²) in [6.07, 6.45) is 1.86. The van der Waals surface area contributed by atoms with Gasteiger partial charge in [-0.3, -0.25) is 4.79 Å². The van der Waals surface area contributed by atoms with E-state index in [0.717, 1.165) is 16.8 Å². The van der Waals surface area contributed by atoms with Crippen LogP contribution in [0.15, 0.2) is 66.9 Å². The zero-order valence-corrected chi connectivity index (χ0v) is 12.5. The van der Waals surface area contributed by atoms with Gasteiger partial charge >= 0.3 is 0 Å². The molecule has 0 aliphatic heterocycles. The monoisotopic (exact) mass is 302 g/mol. The Morgan fingerprint density at radius 2 is 1.57 bits per heavy atom. The molecule has 2 heterocycles. The number of hydrogen-bond acceptors (Lipinski definition) is 3. The van der Waals surface area contributed by atoms with Crippen molar-refractivity contribution in [3.63, 3.8) is 0 Å². The minimum Gasteiger partial charge on any atom is -0.294 e. The summed E-state index contributed by atoms with van der Waals surface area (Å²) in [5.74, 6) is -0.00849. The van der Waals surface area contributed by atoms with Gasteiger partial charge in [0, 0.05) is 11.8 Å². The smallest absolute Gasteiger partial charge is 0.170 e. The molecule has 23 heavy (non-hydrogen) atoms. The molecule has 0 fully saturated rings. The normalized spacial score (nSPS) is 11.0. The molecule has 0 N–H and O–H groups in total. The fourth-order valence-corrected chi connectivity index (χ4v) is 2.81. The molecule has 4 rings (SSSR count). The van der Waals surface area contributed by atoms with Crippen LogP contribution >= 0.6 is 0 Å². The second-order valence-electron chi connectivity index (χ2n) is 5.33. The van der Waals surface area contributed by atoms with Crippen molar-refractivity contribution in [1.82, 2.24) is 19.6 Å². The van der Waals surface area contributed by atoms with E-state index in [1.165, 1.54) is 0 Å². The highest BCUT2D eigenvalue weighted by molar-refractivity contribution is 6.06. The van der Waals surface area contributed by atoms with Gasteiger partial charge < -0.3 is 0 Å². The Morgan fingerprint density at radius 1 is 0.913 bits per heavy atom. The second-order valence-corrected chi connectivity index (χ2v) is 5.33. The van der Waals surface area contributed by atoms with Crippen molar-refractivity contribution in [3.8, 4) is 16.8 Å². The van der Waals surface area contributed by atoms with Gasteiger partial charge in [-0.1, -0.05) is 48.5 Å². The van der Waals surface area contributed by atoms with Gasteiger partial charge in [-0.05, 0) is 35.0 Å². The number of benzene rings is 2. The summed E-state index contributed by atoms with van der Waals surface area (Å²) in [5, 5.41) is 8.34. The van der Waals surface area contributed by atoms with Gasteiger partial charge in [-0.15, -0.1) is 0 Å². The zero-order valence-electron chi connectivity index (χ0n) is 12.5. The molecular weight excluding hydrogens is 288 g/mol. The first kappa shape index (κ1) is 13.5. The maximum atomic E-state index is 12.3. The Bertz CT molecular complexity index is 984. The standard InChI is InChI=1S/C18H14N4O/c1-13(23)17-16(14-8-4-2-5-9-14)12-21-18(17)22(20-19-21)15-10-6-3-7-11-15/h2-12H,1H3. The summed E-state index contributed by atoms with van der Waals surface area (Å²) < 4.78 is 3.36. The van der Waals surface area contributed by atoms with Crippen LogP contribution in [-0.2, 0) is 0 Å². The molecule has 0 bridgehead atoms. The molecule has 2 aromatic heterocycles. The van der Waals surface area contributed by atoms with E-state index in [4.69, 9.17) is 0 Å². The van der Waals surface area contributed by atoms with Crippen molar-refractivity contribution in [2.75, 3.05) is 0 Å². The number of ketones is 1. The molecule has 5 nitrogen and oxygen atoms in total. The van der Waals surface area contributed by atoms with Crippen molar-refractivity contribution >= 4 is 11.4 Å². The average Bonchev–Trinajstić information content (AvgIpc) is 3.15. The van der Waals surface area contributed by atoms with E-state index >= 15 is 0 Å². The number of fused-ring (bicyclic) bond motifs is 1. The first-order valence-corrected chi connectivity index (χ1v) is 7.34. The van der Waals surface area contributed by atoms with Crippen LogP contribution in [0.4, 0.5) is 0 Å². The largest absolute Gasteiger partial charge is 0.294 e. The zero-order chi connectivity index (χ0) is 15.8. The Hall–Kier alpha value is -3.21. The number of Topliss-reactive ketones (excluding diaryl/α,β-unsaturated/α-hetero) is 1. The van der Waals surface area contributed by atoms with Crippen LogP contribution in [0, 0.1) is 0 Å². The highest BCUT2D eigenvalue weighted by Gasteiger charge is 2.21. The lowest BCUT2D eigenvalue weighted by molar-refractivity contribution is 0.101.